The Morgan fingerprint density at radius 2 is 1.46 bits per heavy atom. The summed E-state index contributed by atoms with van der Waals surface area (Å²) in [6.45, 7) is 5.37. The van der Waals surface area contributed by atoms with Gasteiger partial charge in [-0.1, -0.05) is 78.9 Å². The van der Waals surface area contributed by atoms with Crippen LogP contribution in [-0.2, 0) is 0 Å². The van der Waals surface area contributed by atoms with Crippen molar-refractivity contribution in [1.82, 2.24) is 9.88 Å². The lowest BCUT2D eigenvalue weighted by atomic mass is 9.96. The third-order valence-corrected chi connectivity index (χ3v) is 8.33. The van der Waals surface area contributed by atoms with E-state index in [1.165, 1.54) is 20.9 Å². The van der Waals surface area contributed by atoms with Gasteiger partial charge in [0, 0.05) is 21.4 Å². The number of quaternary nitrogens is 1. The first-order valence-electron chi connectivity index (χ1n) is 12.9. The predicted octanol–water partition coefficient (Wildman–Crippen LogP) is 5.40. The maximum Gasteiger partial charge on any atom is 0.255 e. The van der Waals surface area contributed by atoms with E-state index in [9.17, 15) is 4.79 Å². The van der Waals surface area contributed by atoms with Gasteiger partial charge in [-0.3, -0.25) is 4.79 Å². The molecule has 3 aromatic carbocycles. The normalized spacial score (nSPS) is 14.4. The molecule has 0 aliphatic carbocycles. The monoisotopic (exact) mass is 504 g/mol. The van der Waals surface area contributed by atoms with Gasteiger partial charge in [-0.25, -0.2) is 4.98 Å². The van der Waals surface area contributed by atoms with Crippen LogP contribution < -0.4 is 4.90 Å². The molecule has 1 N–H and O–H groups in total. The van der Waals surface area contributed by atoms with Crippen molar-refractivity contribution in [2.45, 2.75) is 13.0 Å². The zero-order valence-electron chi connectivity index (χ0n) is 20.9. The summed E-state index contributed by atoms with van der Waals surface area (Å²) in [6.07, 6.45) is 0. The minimum Gasteiger partial charge on any atom is -0.327 e. The minimum absolute atomic E-state index is 0.100. The number of fused-ring (bicyclic) bond motifs is 1. The predicted molar refractivity (Wildman–Crippen MR) is 151 cm³/mol. The van der Waals surface area contributed by atoms with Crippen LogP contribution in [0, 0.1) is 6.92 Å². The number of hydrogen-bond donors (Lipinski definition) is 1. The number of piperazine rings is 1. The number of thiophene rings is 1. The summed E-state index contributed by atoms with van der Waals surface area (Å²) in [4.78, 5) is 24.7. The Balaban J connectivity index is 1.27. The molecule has 184 valence electrons. The highest BCUT2D eigenvalue weighted by Gasteiger charge is 2.32. The smallest absolute Gasteiger partial charge is 0.255 e. The van der Waals surface area contributed by atoms with Gasteiger partial charge in [0.05, 0.1) is 47.8 Å². The average molecular weight is 505 g/mol. The molecule has 0 unspecified atom stereocenters. The third kappa shape index (κ3) is 4.80. The molecule has 4 nitrogen and oxygen atoms in total. The van der Waals surface area contributed by atoms with E-state index in [0.29, 0.717) is 0 Å². The van der Waals surface area contributed by atoms with Crippen molar-refractivity contribution in [3.05, 3.63) is 125 Å². The van der Waals surface area contributed by atoms with Crippen molar-refractivity contribution < 1.29 is 9.69 Å². The molecule has 1 aliphatic rings. The van der Waals surface area contributed by atoms with E-state index in [1.807, 2.05) is 35.2 Å². The molecule has 1 fully saturated rings. The van der Waals surface area contributed by atoms with Gasteiger partial charge >= 0.3 is 0 Å². The summed E-state index contributed by atoms with van der Waals surface area (Å²) in [5.74, 6) is 0.100. The maximum atomic E-state index is 13.9. The van der Waals surface area contributed by atoms with Gasteiger partial charge in [-0.15, -0.1) is 11.3 Å². The highest BCUT2D eigenvalue weighted by atomic mass is 32.1. The van der Waals surface area contributed by atoms with Crippen molar-refractivity contribution in [2.75, 3.05) is 26.2 Å². The van der Waals surface area contributed by atoms with Crippen LogP contribution in [0.15, 0.2) is 103 Å². The van der Waals surface area contributed by atoms with Gasteiger partial charge in [0.2, 0.25) is 0 Å². The summed E-state index contributed by atoms with van der Waals surface area (Å²) in [5, 5.41) is 0.922. The molecule has 37 heavy (non-hydrogen) atoms. The van der Waals surface area contributed by atoms with Gasteiger partial charge in [0.1, 0.15) is 6.04 Å². The second-order valence-electron chi connectivity index (χ2n) is 9.69. The van der Waals surface area contributed by atoms with Gasteiger partial charge in [-0.05, 0) is 31.2 Å². The molecular formula is C32H30N3OS+. The Morgan fingerprint density at radius 1 is 0.838 bits per heavy atom. The fraction of sp³-hybridized carbons (Fsp3) is 0.188. The lowest BCUT2D eigenvalue weighted by Gasteiger charge is -2.37. The highest BCUT2D eigenvalue weighted by molar-refractivity contribution is 7.15. The molecule has 5 aromatic rings. The Bertz CT molecular complexity index is 1480. The van der Waals surface area contributed by atoms with Gasteiger partial charge in [0.25, 0.3) is 5.91 Å². The summed E-state index contributed by atoms with van der Waals surface area (Å²) in [6, 6.07) is 35.9. The van der Waals surface area contributed by atoms with Crippen molar-refractivity contribution in [3.63, 3.8) is 0 Å². The highest BCUT2D eigenvalue weighted by Crippen LogP contribution is 2.30. The van der Waals surface area contributed by atoms with Gasteiger partial charge in [0.15, 0.2) is 0 Å². The molecule has 0 atom stereocenters. The van der Waals surface area contributed by atoms with Crippen molar-refractivity contribution in [3.8, 4) is 10.6 Å². The Labute approximate surface area is 221 Å². The summed E-state index contributed by atoms with van der Waals surface area (Å²) >= 11 is 1.71. The largest absolute Gasteiger partial charge is 0.327 e. The van der Waals surface area contributed by atoms with Crippen molar-refractivity contribution >= 4 is 28.1 Å². The van der Waals surface area contributed by atoms with Crippen LogP contribution in [0.3, 0.4) is 0 Å². The number of nitrogens with zero attached hydrogens (tertiary/aromatic N) is 2. The third-order valence-electron chi connectivity index (χ3n) is 7.31. The number of para-hydroxylation sites is 1. The number of hydrogen-bond acceptors (Lipinski definition) is 3. The first kappa shape index (κ1) is 23.6. The minimum atomic E-state index is 0.100. The van der Waals surface area contributed by atoms with E-state index >= 15 is 0 Å². The van der Waals surface area contributed by atoms with Crippen LogP contribution >= 0.6 is 11.3 Å². The fourth-order valence-corrected chi connectivity index (χ4v) is 6.29. The van der Waals surface area contributed by atoms with Crippen LogP contribution in [0.1, 0.15) is 32.4 Å². The first-order chi connectivity index (χ1) is 18.2. The Morgan fingerprint density at radius 3 is 2.08 bits per heavy atom. The number of pyridine rings is 1. The van der Waals surface area contributed by atoms with Crippen LogP contribution in [0.25, 0.3) is 21.5 Å². The molecule has 1 aliphatic heterocycles. The van der Waals surface area contributed by atoms with E-state index in [1.54, 1.807) is 11.3 Å². The molecular weight excluding hydrogens is 474 g/mol. The van der Waals surface area contributed by atoms with E-state index in [-0.39, 0.29) is 11.9 Å². The second-order valence-corrected chi connectivity index (χ2v) is 11.0. The number of carbonyl (C=O) groups is 1. The average Bonchev–Trinajstić information content (AvgIpc) is 3.40. The van der Waals surface area contributed by atoms with Crippen LogP contribution in [0.2, 0.25) is 0 Å². The quantitative estimate of drug-likeness (QED) is 0.348. The van der Waals surface area contributed by atoms with Crippen molar-refractivity contribution in [1.29, 1.82) is 0 Å². The number of rotatable bonds is 5. The molecule has 5 heteroatoms. The number of benzene rings is 3. The number of carbonyl (C=O) groups excluding carboxylic acids is 1. The summed E-state index contributed by atoms with van der Waals surface area (Å²) in [5.41, 5.74) is 5.13. The molecule has 1 amide bonds. The molecule has 0 bridgehead atoms. The first-order valence-corrected chi connectivity index (χ1v) is 13.7. The van der Waals surface area contributed by atoms with E-state index in [0.717, 1.165) is 53.2 Å². The SMILES string of the molecule is Cc1ccc(-c2cc(C(=O)N3CC[NH+](C(c4ccccc4)c4ccccc4)CC3)c3ccccc3n2)s1. The molecule has 6 rings (SSSR count). The summed E-state index contributed by atoms with van der Waals surface area (Å²) in [7, 11) is 0. The molecule has 0 radical (unpaired) electrons. The molecule has 2 aromatic heterocycles. The Hall–Kier alpha value is -3.80. The summed E-state index contributed by atoms with van der Waals surface area (Å²) < 4.78 is 0. The van der Waals surface area contributed by atoms with Gasteiger partial charge < -0.3 is 9.80 Å². The zero-order valence-corrected chi connectivity index (χ0v) is 21.7. The lowest BCUT2D eigenvalue weighted by molar-refractivity contribution is -0.929. The van der Waals surface area contributed by atoms with E-state index in [2.05, 4.69) is 79.7 Å². The van der Waals surface area contributed by atoms with Crippen LogP contribution in [0.5, 0.6) is 0 Å². The number of aryl methyl sites for hydroxylation is 1. The molecule has 3 heterocycles. The standard InChI is InChI=1S/C32H29N3OS/c1-23-16-17-30(37-23)29-22-27(26-14-8-9-15-28(26)33-29)32(36)35-20-18-34(19-21-35)31(24-10-4-2-5-11-24)25-12-6-3-7-13-25/h2-17,22,31H,18-21H2,1H3/p+1. The number of aromatic nitrogens is 1. The maximum absolute atomic E-state index is 13.9. The fourth-order valence-electron chi connectivity index (χ4n) is 5.46. The molecule has 1 saturated heterocycles. The molecule has 0 saturated carbocycles. The molecule has 0 spiro atoms. The number of nitrogens with one attached hydrogen (secondary N) is 1. The second kappa shape index (κ2) is 10.3. The van der Waals surface area contributed by atoms with Crippen molar-refractivity contribution in [2.24, 2.45) is 0 Å². The lowest BCUT2D eigenvalue weighted by Crippen LogP contribution is -3.15. The number of amides is 1. The zero-order chi connectivity index (χ0) is 25.2. The van der Waals surface area contributed by atoms with Crippen LogP contribution in [0.4, 0.5) is 0 Å². The Kier molecular flexibility index (Phi) is 6.56. The van der Waals surface area contributed by atoms with Gasteiger partial charge in [-0.2, -0.15) is 0 Å². The van der Waals surface area contributed by atoms with E-state index in [4.69, 9.17) is 4.98 Å². The topological polar surface area (TPSA) is 37.6 Å². The van der Waals surface area contributed by atoms with E-state index < -0.39 is 0 Å². The van der Waals surface area contributed by atoms with Crippen LogP contribution in [-0.4, -0.2) is 42.0 Å².